The van der Waals surface area contributed by atoms with Gasteiger partial charge in [-0.15, -0.1) is 0 Å². The Morgan fingerprint density at radius 3 is 2.43 bits per heavy atom. The molecule has 4 heteroatoms. The van der Waals surface area contributed by atoms with E-state index in [1.807, 2.05) is 30.3 Å². The summed E-state index contributed by atoms with van der Waals surface area (Å²) in [6.45, 7) is 5.79. The molecule has 0 radical (unpaired) electrons. The predicted molar refractivity (Wildman–Crippen MR) is 98.7 cm³/mol. The number of nitrogens with zero attached hydrogens (tertiary/aromatic N) is 2. The Kier molecular flexibility index (Phi) is 6.18. The number of aryl methyl sites for hydroxylation is 1. The molecule has 2 aromatic carbocycles. The van der Waals surface area contributed by atoms with E-state index in [0.717, 1.165) is 12.2 Å². The second-order valence-corrected chi connectivity index (χ2v) is 5.97. The minimum atomic E-state index is 0.313. The number of benzene rings is 2. The summed E-state index contributed by atoms with van der Waals surface area (Å²) in [6.07, 6.45) is 0. The molecule has 0 spiro atoms. The molecule has 2 aromatic rings. The summed E-state index contributed by atoms with van der Waals surface area (Å²) < 4.78 is 0. The number of anilines is 1. The second kappa shape index (κ2) is 8.34. The molecule has 1 atom stereocenters. The third kappa shape index (κ3) is 5.75. The molecule has 0 amide bonds. The average molecular weight is 310 g/mol. The molecule has 0 bridgehead atoms. The number of nitrogens with one attached hydrogen (secondary N) is 1. The van der Waals surface area contributed by atoms with E-state index in [1.165, 1.54) is 11.1 Å². The van der Waals surface area contributed by atoms with Crippen molar-refractivity contribution in [2.24, 2.45) is 10.7 Å². The number of likely N-dealkylation sites (N-methyl/N-ethyl adjacent to an activating group) is 1. The van der Waals surface area contributed by atoms with Gasteiger partial charge < -0.3 is 11.1 Å². The van der Waals surface area contributed by atoms with Crippen molar-refractivity contribution in [1.29, 1.82) is 0 Å². The van der Waals surface area contributed by atoms with E-state index in [2.05, 4.69) is 60.4 Å². The van der Waals surface area contributed by atoms with Crippen molar-refractivity contribution < 1.29 is 0 Å². The standard InChI is InChI=1S/C19H26N4/c1-15-9-11-18(12-10-15)22-19(20)21-13-16(2)23(3)14-17-7-5-4-6-8-17/h4-12,16H,13-14H2,1-3H3,(H3,20,21,22). The van der Waals surface area contributed by atoms with Gasteiger partial charge in [0.2, 0.25) is 0 Å². The fourth-order valence-electron chi connectivity index (χ4n) is 2.22. The molecule has 122 valence electrons. The lowest BCUT2D eigenvalue weighted by molar-refractivity contribution is 0.255. The van der Waals surface area contributed by atoms with Crippen molar-refractivity contribution in [3.05, 3.63) is 65.7 Å². The quantitative estimate of drug-likeness (QED) is 0.636. The Morgan fingerprint density at radius 1 is 1.13 bits per heavy atom. The van der Waals surface area contributed by atoms with Crippen LogP contribution < -0.4 is 11.1 Å². The van der Waals surface area contributed by atoms with Gasteiger partial charge in [-0.05, 0) is 38.6 Å². The molecule has 0 aliphatic rings. The lowest BCUT2D eigenvalue weighted by Gasteiger charge is -2.23. The maximum absolute atomic E-state index is 5.97. The SMILES string of the molecule is Cc1ccc(NC(N)=NCC(C)N(C)Cc2ccccc2)cc1. The van der Waals surface area contributed by atoms with Crippen LogP contribution >= 0.6 is 0 Å². The third-order valence-corrected chi connectivity index (χ3v) is 3.88. The molecular formula is C19H26N4. The summed E-state index contributed by atoms with van der Waals surface area (Å²) in [5.74, 6) is 0.453. The third-order valence-electron chi connectivity index (χ3n) is 3.88. The molecule has 4 nitrogen and oxygen atoms in total. The molecule has 0 aliphatic carbocycles. The highest BCUT2D eigenvalue weighted by Crippen LogP contribution is 2.09. The minimum Gasteiger partial charge on any atom is -0.370 e. The molecule has 0 fully saturated rings. The molecule has 0 saturated heterocycles. The predicted octanol–water partition coefficient (Wildman–Crippen LogP) is 3.24. The van der Waals surface area contributed by atoms with Crippen LogP contribution in [0.15, 0.2) is 59.6 Å². The highest BCUT2D eigenvalue weighted by atomic mass is 15.2. The molecule has 0 aromatic heterocycles. The monoisotopic (exact) mass is 310 g/mol. The van der Waals surface area contributed by atoms with Gasteiger partial charge in [-0.2, -0.15) is 0 Å². The lowest BCUT2D eigenvalue weighted by Crippen LogP contribution is -2.32. The first-order valence-corrected chi connectivity index (χ1v) is 7.92. The van der Waals surface area contributed by atoms with Crippen LogP contribution in [0.2, 0.25) is 0 Å². The smallest absolute Gasteiger partial charge is 0.193 e. The summed E-state index contributed by atoms with van der Waals surface area (Å²) >= 11 is 0. The van der Waals surface area contributed by atoms with Crippen molar-refractivity contribution >= 4 is 11.6 Å². The number of nitrogens with two attached hydrogens (primary N) is 1. The molecule has 0 heterocycles. The topological polar surface area (TPSA) is 53.6 Å². The van der Waals surface area contributed by atoms with E-state index >= 15 is 0 Å². The molecule has 23 heavy (non-hydrogen) atoms. The summed E-state index contributed by atoms with van der Waals surface area (Å²) in [5, 5.41) is 3.12. The largest absolute Gasteiger partial charge is 0.370 e. The maximum Gasteiger partial charge on any atom is 0.193 e. The van der Waals surface area contributed by atoms with Crippen LogP contribution in [0.5, 0.6) is 0 Å². The number of rotatable bonds is 6. The van der Waals surface area contributed by atoms with Gasteiger partial charge in [0.25, 0.3) is 0 Å². The average Bonchev–Trinajstić information content (AvgIpc) is 2.55. The first-order chi connectivity index (χ1) is 11.0. The van der Waals surface area contributed by atoms with E-state index in [0.29, 0.717) is 18.5 Å². The molecule has 3 N–H and O–H groups in total. The zero-order chi connectivity index (χ0) is 16.7. The number of guanidine groups is 1. The van der Waals surface area contributed by atoms with Gasteiger partial charge >= 0.3 is 0 Å². The Morgan fingerprint density at radius 2 is 1.78 bits per heavy atom. The van der Waals surface area contributed by atoms with Crippen LogP contribution in [0.3, 0.4) is 0 Å². The zero-order valence-corrected chi connectivity index (χ0v) is 14.2. The maximum atomic E-state index is 5.97. The Bertz CT molecular complexity index is 620. The fraction of sp³-hybridized carbons (Fsp3) is 0.316. The molecular weight excluding hydrogens is 284 g/mol. The normalized spacial score (nSPS) is 13.1. The molecule has 1 unspecified atom stereocenters. The van der Waals surface area contributed by atoms with E-state index in [4.69, 9.17) is 5.73 Å². The van der Waals surface area contributed by atoms with Gasteiger partial charge in [0, 0.05) is 18.3 Å². The van der Waals surface area contributed by atoms with Crippen molar-refractivity contribution in [2.45, 2.75) is 26.4 Å². The van der Waals surface area contributed by atoms with Gasteiger partial charge in [0.15, 0.2) is 5.96 Å². The Labute approximate surface area is 139 Å². The van der Waals surface area contributed by atoms with Crippen LogP contribution in [0.1, 0.15) is 18.1 Å². The van der Waals surface area contributed by atoms with Crippen LogP contribution in [0.25, 0.3) is 0 Å². The van der Waals surface area contributed by atoms with Crippen LogP contribution in [0.4, 0.5) is 5.69 Å². The summed E-state index contributed by atoms with van der Waals surface area (Å²) in [6, 6.07) is 18.9. The zero-order valence-electron chi connectivity index (χ0n) is 14.2. The van der Waals surface area contributed by atoms with Crippen molar-refractivity contribution in [3.8, 4) is 0 Å². The van der Waals surface area contributed by atoms with Gasteiger partial charge in [-0.3, -0.25) is 9.89 Å². The highest BCUT2D eigenvalue weighted by Gasteiger charge is 2.09. The summed E-state index contributed by atoms with van der Waals surface area (Å²) in [7, 11) is 2.11. The highest BCUT2D eigenvalue weighted by molar-refractivity contribution is 5.92. The first-order valence-electron chi connectivity index (χ1n) is 7.92. The van der Waals surface area contributed by atoms with Gasteiger partial charge in [-0.25, -0.2) is 0 Å². The molecule has 0 saturated carbocycles. The number of hydrogen-bond donors (Lipinski definition) is 2. The number of aliphatic imine (C=N–C) groups is 1. The lowest BCUT2D eigenvalue weighted by atomic mass is 10.2. The fourth-order valence-corrected chi connectivity index (χ4v) is 2.22. The minimum absolute atomic E-state index is 0.313. The van der Waals surface area contributed by atoms with E-state index in [-0.39, 0.29) is 0 Å². The molecule has 2 rings (SSSR count). The first kappa shape index (κ1) is 17.0. The Balaban J connectivity index is 1.84. The van der Waals surface area contributed by atoms with Crippen molar-refractivity contribution in [1.82, 2.24) is 4.90 Å². The second-order valence-electron chi connectivity index (χ2n) is 5.97. The van der Waals surface area contributed by atoms with Gasteiger partial charge in [0.05, 0.1) is 6.54 Å². The van der Waals surface area contributed by atoms with Gasteiger partial charge in [-0.1, -0.05) is 48.0 Å². The van der Waals surface area contributed by atoms with Crippen LogP contribution in [-0.4, -0.2) is 30.5 Å². The van der Waals surface area contributed by atoms with E-state index in [1.54, 1.807) is 0 Å². The number of hydrogen-bond acceptors (Lipinski definition) is 2. The van der Waals surface area contributed by atoms with E-state index in [9.17, 15) is 0 Å². The molecule has 0 aliphatic heterocycles. The Hall–Kier alpha value is -2.33. The van der Waals surface area contributed by atoms with Crippen LogP contribution in [-0.2, 0) is 6.54 Å². The summed E-state index contributed by atoms with van der Waals surface area (Å²) in [5.41, 5.74) is 9.45. The van der Waals surface area contributed by atoms with Crippen LogP contribution in [0, 0.1) is 6.92 Å². The van der Waals surface area contributed by atoms with Crippen molar-refractivity contribution in [3.63, 3.8) is 0 Å². The van der Waals surface area contributed by atoms with Gasteiger partial charge in [0.1, 0.15) is 0 Å². The van der Waals surface area contributed by atoms with Crippen molar-refractivity contribution in [2.75, 3.05) is 18.9 Å². The van der Waals surface area contributed by atoms with E-state index < -0.39 is 0 Å². The summed E-state index contributed by atoms with van der Waals surface area (Å²) in [4.78, 5) is 6.72.